The number of hydrogen-bond donors (Lipinski definition) is 0. The van der Waals surface area contributed by atoms with Crippen molar-refractivity contribution in [3.05, 3.63) is 18.2 Å². The van der Waals surface area contributed by atoms with E-state index in [0.29, 0.717) is 12.6 Å². The Bertz CT molecular complexity index is 411. The maximum absolute atomic E-state index is 11.5. The third-order valence-corrected chi connectivity index (χ3v) is 3.95. The van der Waals surface area contributed by atoms with Crippen LogP contribution in [0, 0.1) is 6.92 Å². The molecule has 106 valence electrons. The van der Waals surface area contributed by atoms with Gasteiger partial charge in [0.1, 0.15) is 5.82 Å². The topological polar surface area (TPSA) is 47.4 Å². The Morgan fingerprint density at radius 3 is 2.84 bits per heavy atom. The second kappa shape index (κ2) is 6.70. The molecule has 2 rings (SSSR count). The second-order valence-corrected chi connectivity index (χ2v) is 5.15. The van der Waals surface area contributed by atoms with Gasteiger partial charge in [0.2, 0.25) is 0 Å². The SMILES string of the molecule is COC(=O)CN(CCn1ccnc1C)C1CCCC1. The zero-order chi connectivity index (χ0) is 13.7. The number of rotatable bonds is 6. The Balaban J connectivity index is 1.92. The first-order chi connectivity index (χ1) is 9.20. The Morgan fingerprint density at radius 2 is 2.26 bits per heavy atom. The molecule has 0 spiro atoms. The zero-order valence-electron chi connectivity index (χ0n) is 11.8. The molecule has 1 aliphatic rings. The van der Waals surface area contributed by atoms with Gasteiger partial charge in [0.05, 0.1) is 13.7 Å². The van der Waals surface area contributed by atoms with Crippen LogP contribution in [-0.4, -0.2) is 46.7 Å². The summed E-state index contributed by atoms with van der Waals surface area (Å²) in [5, 5.41) is 0. The van der Waals surface area contributed by atoms with E-state index in [9.17, 15) is 4.79 Å². The van der Waals surface area contributed by atoms with Gasteiger partial charge in [0.25, 0.3) is 0 Å². The molecular formula is C14H23N3O2. The smallest absolute Gasteiger partial charge is 0.319 e. The summed E-state index contributed by atoms with van der Waals surface area (Å²) in [5.74, 6) is 0.874. The van der Waals surface area contributed by atoms with Gasteiger partial charge < -0.3 is 9.30 Å². The summed E-state index contributed by atoms with van der Waals surface area (Å²) >= 11 is 0. The number of aryl methyl sites for hydroxylation is 1. The number of methoxy groups -OCH3 is 1. The first-order valence-corrected chi connectivity index (χ1v) is 6.99. The molecule has 0 saturated heterocycles. The molecule has 1 aromatic rings. The Kier molecular flexibility index (Phi) is 4.96. The Morgan fingerprint density at radius 1 is 1.53 bits per heavy atom. The van der Waals surface area contributed by atoms with Crippen LogP contribution >= 0.6 is 0 Å². The number of nitrogens with zero attached hydrogens (tertiary/aromatic N) is 3. The summed E-state index contributed by atoms with van der Waals surface area (Å²) in [5.41, 5.74) is 0. The standard InChI is InChI=1S/C14H23N3O2/c1-12-15-7-8-16(12)9-10-17(11-14(18)19-2)13-5-3-4-6-13/h7-8,13H,3-6,9-11H2,1-2H3. The van der Waals surface area contributed by atoms with E-state index >= 15 is 0 Å². The molecule has 0 bridgehead atoms. The van der Waals surface area contributed by atoms with Gasteiger partial charge in [-0.05, 0) is 19.8 Å². The first kappa shape index (κ1) is 14.1. The van der Waals surface area contributed by atoms with Gasteiger partial charge in [-0.2, -0.15) is 0 Å². The highest BCUT2D eigenvalue weighted by molar-refractivity contribution is 5.71. The van der Waals surface area contributed by atoms with Crippen LogP contribution in [0.25, 0.3) is 0 Å². The van der Waals surface area contributed by atoms with Crippen molar-refractivity contribution in [3.8, 4) is 0 Å². The minimum absolute atomic E-state index is 0.144. The molecule has 0 aliphatic heterocycles. The van der Waals surface area contributed by atoms with Gasteiger partial charge >= 0.3 is 5.97 Å². The van der Waals surface area contributed by atoms with Gasteiger partial charge in [0, 0.05) is 31.5 Å². The van der Waals surface area contributed by atoms with Crippen molar-refractivity contribution in [2.75, 3.05) is 20.2 Å². The summed E-state index contributed by atoms with van der Waals surface area (Å²) in [6.45, 7) is 4.14. The quantitative estimate of drug-likeness (QED) is 0.733. The lowest BCUT2D eigenvalue weighted by Gasteiger charge is -2.27. The summed E-state index contributed by atoms with van der Waals surface area (Å²) in [6.07, 6.45) is 8.73. The monoisotopic (exact) mass is 265 g/mol. The minimum atomic E-state index is -0.144. The largest absolute Gasteiger partial charge is 0.468 e. The molecular weight excluding hydrogens is 242 g/mol. The van der Waals surface area contributed by atoms with Crippen LogP contribution in [0.2, 0.25) is 0 Å². The number of imidazole rings is 1. The van der Waals surface area contributed by atoms with Gasteiger partial charge in [0.15, 0.2) is 0 Å². The minimum Gasteiger partial charge on any atom is -0.468 e. The van der Waals surface area contributed by atoms with Crippen molar-refractivity contribution >= 4 is 5.97 Å². The highest BCUT2D eigenvalue weighted by atomic mass is 16.5. The fourth-order valence-corrected chi connectivity index (χ4v) is 2.77. The van der Waals surface area contributed by atoms with Crippen LogP contribution in [0.1, 0.15) is 31.5 Å². The molecule has 0 amide bonds. The maximum atomic E-state index is 11.5. The van der Waals surface area contributed by atoms with Crippen molar-refractivity contribution < 1.29 is 9.53 Å². The van der Waals surface area contributed by atoms with Crippen LogP contribution in [0.3, 0.4) is 0 Å². The van der Waals surface area contributed by atoms with Crippen LogP contribution < -0.4 is 0 Å². The lowest BCUT2D eigenvalue weighted by molar-refractivity contribution is -0.142. The highest BCUT2D eigenvalue weighted by Gasteiger charge is 2.24. The molecule has 19 heavy (non-hydrogen) atoms. The summed E-state index contributed by atoms with van der Waals surface area (Å²) in [4.78, 5) is 18.0. The molecule has 0 aromatic carbocycles. The van der Waals surface area contributed by atoms with Crippen LogP contribution in [-0.2, 0) is 16.1 Å². The average molecular weight is 265 g/mol. The predicted octanol–water partition coefficient (Wildman–Crippen LogP) is 1.61. The van der Waals surface area contributed by atoms with Crippen LogP contribution in [0.4, 0.5) is 0 Å². The normalized spacial score (nSPS) is 16.2. The van der Waals surface area contributed by atoms with Crippen molar-refractivity contribution in [1.29, 1.82) is 0 Å². The van der Waals surface area contributed by atoms with E-state index in [1.807, 2.05) is 19.3 Å². The zero-order valence-corrected chi connectivity index (χ0v) is 11.8. The van der Waals surface area contributed by atoms with Gasteiger partial charge in [-0.1, -0.05) is 12.8 Å². The molecule has 5 heteroatoms. The second-order valence-electron chi connectivity index (χ2n) is 5.15. The summed E-state index contributed by atoms with van der Waals surface area (Å²) in [6, 6.07) is 0.530. The summed E-state index contributed by atoms with van der Waals surface area (Å²) < 4.78 is 6.93. The van der Waals surface area contributed by atoms with Crippen molar-refractivity contribution in [1.82, 2.24) is 14.5 Å². The van der Waals surface area contributed by atoms with Crippen LogP contribution in [0.15, 0.2) is 12.4 Å². The molecule has 1 heterocycles. The van der Waals surface area contributed by atoms with E-state index in [1.165, 1.54) is 32.8 Å². The Hall–Kier alpha value is -1.36. The van der Waals surface area contributed by atoms with Crippen LogP contribution in [0.5, 0.6) is 0 Å². The highest BCUT2D eigenvalue weighted by Crippen LogP contribution is 2.23. The number of carbonyl (C=O) groups excluding carboxylic acids is 1. The van der Waals surface area contributed by atoms with Gasteiger partial charge in [-0.3, -0.25) is 9.69 Å². The number of aromatic nitrogens is 2. The van der Waals surface area contributed by atoms with E-state index in [-0.39, 0.29) is 5.97 Å². The summed E-state index contributed by atoms with van der Waals surface area (Å²) in [7, 11) is 1.45. The van der Waals surface area contributed by atoms with Gasteiger partial charge in [-0.15, -0.1) is 0 Å². The van der Waals surface area contributed by atoms with Crippen molar-refractivity contribution in [3.63, 3.8) is 0 Å². The number of carbonyl (C=O) groups is 1. The van der Waals surface area contributed by atoms with Gasteiger partial charge in [-0.25, -0.2) is 4.98 Å². The predicted molar refractivity (Wildman–Crippen MR) is 72.8 cm³/mol. The van der Waals surface area contributed by atoms with E-state index < -0.39 is 0 Å². The molecule has 0 N–H and O–H groups in total. The molecule has 1 aliphatic carbocycles. The lowest BCUT2D eigenvalue weighted by Crippen LogP contribution is -2.40. The molecule has 0 atom stereocenters. The third kappa shape index (κ3) is 3.80. The lowest BCUT2D eigenvalue weighted by atomic mass is 10.2. The Labute approximate surface area is 114 Å². The van der Waals surface area contributed by atoms with E-state index in [2.05, 4.69) is 14.5 Å². The number of hydrogen-bond acceptors (Lipinski definition) is 4. The van der Waals surface area contributed by atoms with Crippen molar-refractivity contribution in [2.24, 2.45) is 0 Å². The fraction of sp³-hybridized carbons (Fsp3) is 0.714. The molecule has 5 nitrogen and oxygen atoms in total. The molecule has 1 saturated carbocycles. The molecule has 1 aromatic heterocycles. The molecule has 0 unspecified atom stereocenters. The van der Waals surface area contributed by atoms with E-state index in [1.54, 1.807) is 0 Å². The average Bonchev–Trinajstić information content (AvgIpc) is 3.06. The third-order valence-electron chi connectivity index (χ3n) is 3.95. The van der Waals surface area contributed by atoms with E-state index in [4.69, 9.17) is 4.74 Å². The number of ether oxygens (including phenoxy) is 1. The van der Waals surface area contributed by atoms with E-state index in [0.717, 1.165) is 18.9 Å². The molecule has 0 radical (unpaired) electrons. The molecule has 1 fully saturated rings. The first-order valence-electron chi connectivity index (χ1n) is 6.99. The fourth-order valence-electron chi connectivity index (χ4n) is 2.77. The number of esters is 1. The maximum Gasteiger partial charge on any atom is 0.319 e. The van der Waals surface area contributed by atoms with Crippen molar-refractivity contribution in [2.45, 2.75) is 45.2 Å².